The maximum Gasteiger partial charge on any atom is 0.0511 e. The minimum atomic E-state index is 0.0822. The van der Waals surface area contributed by atoms with Crippen molar-refractivity contribution >= 4 is 11.6 Å². The van der Waals surface area contributed by atoms with Crippen LogP contribution in [0.5, 0.6) is 0 Å². The smallest absolute Gasteiger partial charge is 0.0511 e. The largest absolute Gasteiger partial charge is 0.326 e. The number of hydrogen-bond acceptors (Lipinski definition) is 2. The number of likely N-dealkylation sites (tertiary alicyclic amines) is 1. The molecule has 1 aliphatic heterocycles. The maximum absolute atomic E-state index is 6.33. The van der Waals surface area contributed by atoms with Crippen molar-refractivity contribution in [2.24, 2.45) is 11.1 Å². The molecule has 18 heavy (non-hydrogen) atoms. The zero-order valence-electron chi connectivity index (χ0n) is 11.5. The van der Waals surface area contributed by atoms with E-state index in [1.165, 1.54) is 6.42 Å². The van der Waals surface area contributed by atoms with Gasteiger partial charge in [0.2, 0.25) is 0 Å². The molecule has 1 aromatic carbocycles. The Labute approximate surface area is 115 Å². The molecule has 2 atom stereocenters. The molecule has 0 saturated carbocycles. The molecule has 0 spiro atoms. The molecule has 0 aliphatic carbocycles. The second-order valence-electron chi connectivity index (χ2n) is 6.21. The van der Waals surface area contributed by atoms with E-state index in [1.807, 2.05) is 18.2 Å². The van der Waals surface area contributed by atoms with Gasteiger partial charge in [-0.2, -0.15) is 0 Å². The lowest BCUT2D eigenvalue weighted by atomic mass is 9.93. The van der Waals surface area contributed by atoms with E-state index in [0.29, 0.717) is 5.41 Å². The van der Waals surface area contributed by atoms with Crippen LogP contribution in [0.2, 0.25) is 5.02 Å². The van der Waals surface area contributed by atoms with Gasteiger partial charge < -0.3 is 5.73 Å². The van der Waals surface area contributed by atoms with Crippen molar-refractivity contribution in [1.82, 2.24) is 4.90 Å². The number of benzene rings is 1. The summed E-state index contributed by atoms with van der Waals surface area (Å²) in [4.78, 5) is 2.48. The fourth-order valence-corrected chi connectivity index (χ4v) is 3.17. The highest BCUT2D eigenvalue weighted by Crippen LogP contribution is 2.37. The van der Waals surface area contributed by atoms with Crippen LogP contribution >= 0.6 is 11.6 Å². The van der Waals surface area contributed by atoms with E-state index in [1.54, 1.807) is 0 Å². The van der Waals surface area contributed by atoms with Gasteiger partial charge in [0.15, 0.2) is 0 Å². The standard InChI is InChI=1S/C15H23ClN2/c1-11(17)14(12-6-4-5-7-13(12)16)18-9-8-15(2,3)10-18/h4-7,11,14H,8-10,17H2,1-3H3. The molecule has 2 rings (SSSR count). The van der Waals surface area contributed by atoms with E-state index in [0.717, 1.165) is 23.7 Å². The molecule has 2 nitrogen and oxygen atoms in total. The Hall–Kier alpha value is -0.570. The first-order valence-electron chi connectivity index (χ1n) is 6.65. The van der Waals surface area contributed by atoms with Crippen LogP contribution in [0.3, 0.4) is 0 Å². The summed E-state index contributed by atoms with van der Waals surface area (Å²) in [6, 6.07) is 8.37. The van der Waals surface area contributed by atoms with E-state index in [4.69, 9.17) is 17.3 Å². The molecule has 0 amide bonds. The summed E-state index contributed by atoms with van der Waals surface area (Å²) < 4.78 is 0. The third-order valence-electron chi connectivity index (χ3n) is 3.82. The van der Waals surface area contributed by atoms with Gasteiger partial charge in [-0.15, -0.1) is 0 Å². The molecule has 3 heteroatoms. The summed E-state index contributed by atoms with van der Waals surface area (Å²) in [5.74, 6) is 0. The summed E-state index contributed by atoms with van der Waals surface area (Å²) in [7, 11) is 0. The third-order valence-corrected chi connectivity index (χ3v) is 4.17. The Balaban J connectivity index is 2.28. The van der Waals surface area contributed by atoms with E-state index >= 15 is 0 Å². The van der Waals surface area contributed by atoms with Crippen molar-refractivity contribution in [3.63, 3.8) is 0 Å². The topological polar surface area (TPSA) is 29.3 Å². The van der Waals surface area contributed by atoms with Gasteiger partial charge in [0.25, 0.3) is 0 Å². The van der Waals surface area contributed by atoms with Crippen LogP contribution in [-0.4, -0.2) is 24.0 Å². The lowest BCUT2D eigenvalue weighted by molar-refractivity contribution is 0.197. The molecular weight excluding hydrogens is 244 g/mol. The Morgan fingerprint density at radius 2 is 2.00 bits per heavy atom. The number of nitrogens with two attached hydrogens (primary N) is 1. The number of nitrogens with zero attached hydrogens (tertiary/aromatic N) is 1. The van der Waals surface area contributed by atoms with Crippen molar-refractivity contribution < 1.29 is 0 Å². The Kier molecular flexibility index (Phi) is 4.00. The molecule has 1 aromatic rings. The highest BCUT2D eigenvalue weighted by Gasteiger charge is 2.35. The molecule has 1 aliphatic rings. The van der Waals surface area contributed by atoms with Gasteiger partial charge in [-0.25, -0.2) is 0 Å². The summed E-state index contributed by atoms with van der Waals surface area (Å²) in [6.07, 6.45) is 1.22. The minimum absolute atomic E-state index is 0.0822. The molecule has 1 heterocycles. The van der Waals surface area contributed by atoms with Crippen molar-refractivity contribution in [2.75, 3.05) is 13.1 Å². The Morgan fingerprint density at radius 1 is 1.33 bits per heavy atom. The lowest BCUT2D eigenvalue weighted by Crippen LogP contribution is -2.39. The van der Waals surface area contributed by atoms with Crippen LogP contribution in [-0.2, 0) is 0 Å². The zero-order chi connectivity index (χ0) is 13.3. The number of hydrogen-bond donors (Lipinski definition) is 1. The molecule has 1 fully saturated rings. The summed E-state index contributed by atoms with van der Waals surface area (Å²) in [6.45, 7) is 8.89. The monoisotopic (exact) mass is 266 g/mol. The first-order valence-corrected chi connectivity index (χ1v) is 7.02. The van der Waals surface area contributed by atoms with Crippen LogP contribution < -0.4 is 5.73 Å². The minimum Gasteiger partial charge on any atom is -0.326 e. The predicted molar refractivity (Wildman–Crippen MR) is 77.8 cm³/mol. The Bertz CT molecular complexity index is 415. The van der Waals surface area contributed by atoms with Crippen LogP contribution in [0.4, 0.5) is 0 Å². The zero-order valence-corrected chi connectivity index (χ0v) is 12.2. The predicted octanol–water partition coefficient (Wildman–Crippen LogP) is 3.46. The SMILES string of the molecule is CC(N)C(c1ccccc1Cl)N1CCC(C)(C)C1. The van der Waals surface area contributed by atoms with Crippen molar-refractivity contribution in [3.05, 3.63) is 34.9 Å². The lowest BCUT2D eigenvalue weighted by Gasteiger charge is -2.33. The normalized spacial score (nSPS) is 22.9. The second-order valence-corrected chi connectivity index (χ2v) is 6.62. The van der Waals surface area contributed by atoms with Crippen molar-refractivity contribution in [2.45, 2.75) is 39.3 Å². The van der Waals surface area contributed by atoms with E-state index in [2.05, 4.69) is 31.7 Å². The van der Waals surface area contributed by atoms with Gasteiger partial charge in [-0.05, 0) is 36.9 Å². The van der Waals surface area contributed by atoms with E-state index in [9.17, 15) is 0 Å². The average molecular weight is 267 g/mol. The molecular formula is C15H23ClN2. The first-order chi connectivity index (χ1) is 8.41. The van der Waals surface area contributed by atoms with E-state index in [-0.39, 0.29) is 12.1 Å². The average Bonchev–Trinajstić information content (AvgIpc) is 2.61. The first kappa shape index (κ1) is 13.9. The highest BCUT2D eigenvalue weighted by atomic mass is 35.5. The molecule has 1 saturated heterocycles. The third kappa shape index (κ3) is 2.87. The molecule has 100 valence electrons. The Morgan fingerprint density at radius 3 is 2.50 bits per heavy atom. The fraction of sp³-hybridized carbons (Fsp3) is 0.600. The highest BCUT2D eigenvalue weighted by molar-refractivity contribution is 6.31. The molecule has 2 N–H and O–H groups in total. The van der Waals surface area contributed by atoms with Gasteiger partial charge >= 0.3 is 0 Å². The summed E-state index contributed by atoms with van der Waals surface area (Å²) >= 11 is 6.33. The molecule has 0 radical (unpaired) electrons. The van der Waals surface area contributed by atoms with Crippen LogP contribution in [0.1, 0.15) is 38.8 Å². The van der Waals surface area contributed by atoms with Gasteiger partial charge in [0.05, 0.1) is 6.04 Å². The van der Waals surface area contributed by atoms with Gasteiger partial charge in [-0.3, -0.25) is 4.90 Å². The molecule has 0 aromatic heterocycles. The summed E-state index contributed by atoms with van der Waals surface area (Å²) in [5, 5.41) is 0.824. The molecule has 2 unspecified atom stereocenters. The van der Waals surface area contributed by atoms with Crippen molar-refractivity contribution in [3.8, 4) is 0 Å². The maximum atomic E-state index is 6.33. The van der Waals surface area contributed by atoms with Gasteiger partial charge in [0, 0.05) is 17.6 Å². The van der Waals surface area contributed by atoms with Gasteiger partial charge in [0.1, 0.15) is 0 Å². The summed E-state index contributed by atoms with van der Waals surface area (Å²) in [5.41, 5.74) is 7.75. The quantitative estimate of drug-likeness (QED) is 0.908. The second kappa shape index (κ2) is 5.20. The van der Waals surface area contributed by atoms with Gasteiger partial charge in [-0.1, -0.05) is 43.6 Å². The van der Waals surface area contributed by atoms with Crippen molar-refractivity contribution in [1.29, 1.82) is 0 Å². The van der Waals surface area contributed by atoms with Crippen LogP contribution in [0.15, 0.2) is 24.3 Å². The number of halogens is 1. The van der Waals surface area contributed by atoms with E-state index < -0.39 is 0 Å². The fourth-order valence-electron chi connectivity index (χ4n) is 2.92. The molecule has 0 bridgehead atoms. The van der Waals surface area contributed by atoms with Crippen LogP contribution in [0.25, 0.3) is 0 Å². The number of rotatable bonds is 3. The van der Waals surface area contributed by atoms with Crippen LogP contribution in [0, 0.1) is 5.41 Å².